The second-order valence-corrected chi connectivity index (χ2v) is 6.23. The Bertz CT molecular complexity index is 962. The molecular weight excluding hydrogens is 344 g/mol. The van der Waals surface area contributed by atoms with E-state index in [1.54, 1.807) is 11.1 Å². The average Bonchev–Trinajstić information content (AvgIpc) is 2.74. The molecule has 2 amide bonds. The van der Waals surface area contributed by atoms with E-state index in [-0.39, 0.29) is 5.91 Å². The molecular formula is C19H18N6O2. The Labute approximate surface area is 155 Å². The first-order valence-corrected chi connectivity index (χ1v) is 8.66. The highest BCUT2D eigenvalue weighted by Crippen LogP contribution is 2.21. The molecule has 0 saturated carbocycles. The van der Waals surface area contributed by atoms with Gasteiger partial charge in [0.15, 0.2) is 0 Å². The van der Waals surface area contributed by atoms with E-state index in [4.69, 9.17) is 0 Å². The predicted molar refractivity (Wildman–Crippen MR) is 102 cm³/mol. The standard InChI is InChI=1S/C19H18N6O2/c26-13-24-7-9-25(10-8-24)19-21-11-15(12-22-19)18(27)23-16-5-1-3-14-4-2-6-20-17(14)16/h1-6,11-13H,7-10H2,(H,23,27). The summed E-state index contributed by atoms with van der Waals surface area (Å²) in [6, 6.07) is 9.43. The number of piperazine rings is 1. The summed E-state index contributed by atoms with van der Waals surface area (Å²) in [6.45, 7) is 2.63. The van der Waals surface area contributed by atoms with Crippen LogP contribution >= 0.6 is 0 Å². The summed E-state index contributed by atoms with van der Waals surface area (Å²) in [5.74, 6) is 0.273. The highest BCUT2D eigenvalue weighted by molar-refractivity contribution is 6.08. The van der Waals surface area contributed by atoms with Crippen LogP contribution in [0.2, 0.25) is 0 Å². The van der Waals surface area contributed by atoms with Crippen LogP contribution in [0.25, 0.3) is 10.9 Å². The SMILES string of the molecule is O=CN1CCN(c2ncc(C(=O)Nc3cccc4cccnc34)cn2)CC1. The first-order valence-electron chi connectivity index (χ1n) is 8.66. The molecule has 0 atom stereocenters. The number of benzene rings is 1. The molecule has 3 heterocycles. The topological polar surface area (TPSA) is 91.3 Å². The Morgan fingerprint density at radius 1 is 1.00 bits per heavy atom. The van der Waals surface area contributed by atoms with Crippen molar-refractivity contribution in [3.63, 3.8) is 0 Å². The molecule has 8 nitrogen and oxygen atoms in total. The van der Waals surface area contributed by atoms with Crippen molar-refractivity contribution in [2.24, 2.45) is 0 Å². The number of rotatable bonds is 4. The number of para-hydroxylation sites is 1. The largest absolute Gasteiger partial charge is 0.342 e. The maximum absolute atomic E-state index is 12.5. The van der Waals surface area contributed by atoms with Gasteiger partial charge in [-0.15, -0.1) is 0 Å². The van der Waals surface area contributed by atoms with Crippen molar-refractivity contribution in [1.82, 2.24) is 19.9 Å². The molecule has 27 heavy (non-hydrogen) atoms. The van der Waals surface area contributed by atoms with Gasteiger partial charge in [-0.1, -0.05) is 18.2 Å². The Kier molecular flexibility index (Phi) is 4.61. The monoisotopic (exact) mass is 362 g/mol. The van der Waals surface area contributed by atoms with E-state index in [1.165, 1.54) is 12.4 Å². The number of carbonyl (C=O) groups excluding carboxylic acids is 2. The van der Waals surface area contributed by atoms with Crippen LogP contribution in [0.3, 0.4) is 0 Å². The number of nitrogens with zero attached hydrogens (tertiary/aromatic N) is 5. The average molecular weight is 362 g/mol. The molecule has 0 spiro atoms. The second kappa shape index (κ2) is 7.36. The second-order valence-electron chi connectivity index (χ2n) is 6.23. The maximum Gasteiger partial charge on any atom is 0.258 e. The minimum atomic E-state index is -0.287. The summed E-state index contributed by atoms with van der Waals surface area (Å²) in [5.41, 5.74) is 1.75. The van der Waals surface area contributed by atoms with Crippen molar-refractivity contribution in [2.75, 3.05) is 36.4 Å². The van der Waals surface area contributed by atoms with Crippen LogP contribution in [0.15, 0.2) is 48.9 Å². The van der Waals surface area contributed by atoms with Gasteiger partial charge in [-0.3, -0.25) is 14.6 Å². The molecule has 4 rings (SSSR count). The van der Waals surface area contributed by atoms with E-state index in [9.17, 15) is 9.59 Å². The number of fused-ring (bicyclic) bond motifs is 1. The minimum absolute atomic E-state index is 0.287. The summed E-state index contributed by atoms with van der Waals surface area (Å²) in [7, 11) is 0. The quantitative estimate of drug-likeness (QED) is 0.708. The number of anilines is 2. The number of carbonyl (C=O) groups is 2. The fourth-order valence-electron chi connectivity index (χ4n) is 3.03. The van der Waals surface area contributed by atoms with Gasteiger partial charge in [-0.25, -0.2) is 9.97 Å². The Hall–Kier alpha value is -3.55. The molecule has 8 heteroatoms. The molecule has 1 fully saturated rings. The van der Waals surface area contributed by atoms with Crippen LogP contribution in [0.4, 0.5) is 11.6 Å². The van der Waals surface area contributed by atoms with E-state index < -0.39 is 0 Å². The highest BCUT2D eigenvalue weighted by Gasteiger charge is 2.18. The molecule has 3 aromatic rings. The lowest BCUT2D eigenvalue weighted by atomic mass is 10.2. The van der Waals surface area contributed by atoms with E-state index in [1.807, 2.05) is 35.2 Å². The molecule has 1 N–H and O–H groups in total. The number of amides is 2. The van der Waals surface area contributed by atoms with Crippen molar-refractivity contribution in [1.29, 1.82) is 0 Å². The molecule has 1 aromatic carbocycles. The lowest BCUT2D eigenvalue weighted by Gasteiger charge is -2.32. The number of nitrogens with one attached hydrogen (secondary N) is 1. The summed E-state index contributed by atoms with van der Waals surface area (Å²) < 4.78 is 0. The zero-order chi connectivity index (χ0) is 18.6. The van der Waals surface area contributed by atoms with Gasteiger partial charge in [-0.05, 0) is 12.1 Å². The summed E-state index contributed by atoms with van der Waals surface area (Å²) in [4.78, 5) is 40.0. The van der Waals surface area contributed by atoms with Gasteiger partial charge in [0.2, 0.25) is 12.4 Å². The maximum atomic E-state index is 12.5. The van der Waals surface area contributed by atoms with Crippen LogP contribution in [0.1, 0.15) is 10.4 Å². The number of aromatic nitrogens is 3. The van der Waals surface area contributed by atoms with Gasteiger partial charge >= 0.3 is 0 Å². The van der Waals surface area contributed by atoms with Gasteiger partial charge in [0, 0.05) is 50.2 Å². The fraction of sp³-hybridized carbons (Fsp3) is 0.211. The smallest absolute Gasteiger partial charge is 0.258 e. The van der Waals surface area contributed by atoms with Crippen LogP contribution in [0.5, 0.6) is 0 Å². The third kappa shape index (κ3) is 3.55. The Balaban J connectivity index is 1.47. The molecule has 136 valence electrons. The predicted octanol–water partition coefficient (Wildman–Crippen LogP) is 1.56. The van der Waals surface area contributed by atoms with Gasteiger partial charge in [0.25, 0.3) is 5.91 Å². The van der Waals surface area contributed by atoms with Gasteiger partial charge in [-0.2, -0.15) is 0 Å². The number of hydrogen-bond acceptors (Lipinski definition) is 6. The molecule has 0 radical (unpaired) electrons. The van der Waals surface area contributed by atoms with Crippen LogP contribution in [-0.2, 0) is 4.79 Å². The van der Waals surface area contributed by atoms with E-state index in [0.29, 0.717) is 43.4 Å². The van der Waals surface area contributed by atoms with Crippen LogP contribution in [-0.4, -0.2) is 58.3 Å². The lowest BCUT2D eigenvalue weighted by molar-refractivity contribution is -0.118. The lowest BCUT2D eigenvalue weighted by Crippen LogP contribution is -2.46. The normalized spacial score (nSPS) is 14.2. The third-order valence-electron chi connectivity index (χ3n) is 4.53. The Morgan fingerprint density at radius 3 is 2.48 bits per heavy atom. The number of pyridine rings is 1. The van der Waals surface area contributed by atoms with Crippen LogP contribution in [0, 0.1) is 0 Å². The van der Waals surface area contributed by atoms with Crippen LogP contribution < -0.4 is 10.2 Å². The van der Waals surface area contributed by atoms with E-state index in [2.05, 4.69) is 20.3 Å². The van der Waals surface area contributed by atoms with Crippen molar-refractivity contribution in [2.45, 2.75) is 0 Å². The molecule has 0 bridgehead atoms. The molecule has 0 aliphatic carbocycles. The summed E-state index contributed by atoms with van der Waals surface area (Å²) in [6.07, 6.45) is 5.58. The minimum Gasteiger partial charge on any atom is -0.342 e. The van der Waals surface area contributed by atoms with Crippen molar-refractivity contribution < 1.29 is 9.59 Å². The van der Waals surface area contributed by atoms with Gasteiger partial charge < -0.3 is 15.1 Å². The first-order chi connectivity index (χ1) is 13.2. The van der Waals surface area contributed by atoms with Crippen molar-refractivity contribution >= 4 is 34.9 Å². The third-order valence-corrected chi connectivity index (χ3v) is 4.53. The first kappa shape index (κ1) is 16.9. The number of hydrogen-bond donors (Lipinski definition) is 1. The highest BCUT2D eigenvalue weighted by atomic mass is 16.1. The van der Waals surface area contributed by atoms with E-state index in [0.717, 1.165) is 17.3 Å². The Morgan fingerprint density at radius 2 is 1.74 bits per heavy atom. The van der Waals surface area contributed by atoms with Crippen molar-refractivity contribution in [3.8, 4) is 0 Å². The molecule has 0 unspecified atom stereocenters. The summed E-state index contributed by atoms with van der Waals surface area (Å²) in [5, 5.41) is 3.83. The van der Waals surface area contributed by atoms with Gasteiger partial charge in [0.1, 0.15) is 0 Å². The van der Waals surface area contributed by atoms with E-state index >= 15 is 0 Å². The fourth-order valence-corrected chi connectivity index (χ4v) is 3.03. The molecule has 2 aromatic heterocycles. The zero-order valence-corrected chi connectivity index (χ0v) is 14.6. The molecule has 1 saturated heterocycles. The van der Waals surface area contributed by atoms with Gasteiger partial charge in [0.05, 0.1) is 16.8 Å². The zero-order valence-electron chi connectivity index (χ0n) is 14.6. The summed E-state index contributed by atoms with van der Waals surface area (Å²) >= 11 is 0. The molecule has 1 aliphatic rings. The van der Waals surface area contributed by atoms with Crippen molar-refractivity contribution in [3.05, 3.63) is 54.5 Å². The molecule has 1 aliphatic heterocycles.